The van der Waals surface area contributed by atoms with Crippen molar-refractivity contribution in [2.75, 3.05) is 16.5 Å². The van der Waals surface area contributed by atoms with E-state index < -0.39 is 0 Å². The molecule has 0 aliphatic carbocycles. The highest BCUT2D eigenvalue weighted by Gasteiger charge is 2.27. The van der Waals surface area contributed by atoms with Gasteiger partial charge in [0.25, 0.3) is 0 Å². The molecule has 0 spiro atoms. The van der Waals surface area contributed by atoms with Crippen LogP contribution in [0.4, 0.5) is 17.1 Å². The van der Waals surface area contributed by atoms with Crippen molar-refractivity contribution in [2.24, 2.45) is 0 Å². The molecule has 0 radical (unpaired) electrons. The molecule has 6 nitrogen and oxygen atoms in total. The second kappa shape index (κ2) is 11.1. The zero-order chi connectivity index (χ0) is 31.3. The predicted octanol–water partition coefficient (Wildman–Crippen LogP) is 9.78. The Labute approximate surface area is 269 Å². The minimum absolute atomic E-state index is 0.0931. The lowest BCUT2D eigenvalue weighted by atomic mass is 9.92. The second-order valence-electron chi connectivity index (χ2n) is 12.9. The third kappa shape index (κ3) is 5.02. The highest BCUT2D eigenvalue weighted by molar-refractivity contribution is 6.09. The van der Waals surface area contributed by atoms with Gasteiger partial charge in [0, 0.05) is 46.7 Å². The lowest BCUT2D eigenvalue weighted by molar-refractivity contribution is 0.483. The molecular formula is C40H35N5O. The molecule has 5 aromatic carbocycles. The Morgan fingerprint density at radius 1 is 0.674 bits per heavy atom. The Bertz CT molecular complexity index is 2200. The highest BCUT2D eigenvalue weighted by atomic mass is 16.5. The molecule has 8 rings (SSSR count). The molecular weight excluding hydrogens is 566 g/mol. The number of para-hydroxylation sites is 3. The first-order chi connectivity index (χ1) is 22.4. The molecule has 0 N–H and O–H groups in total. The summed E-state index contributed by atoms with van der Waals surface area (Å²) < 4.78 is 8.71. The molecule has 0 saturated carbocycles. The normalized spacial score (nSPS) is 13.0. The summed E-state index contributed by atoms with van der Waals surface area (Å²) in [5.41, 5.74) is 7.78. The average Bonchev–Trinajstić information content (AvgIpc) is 3.60. The van der Waals surface area contributed by atoms with Crippen LogP contribution in [0.15, 0.2) is 134 Å². The van der Waals surface area contributed by atoms with E-state index in [1.165, 1.54) is 16.9 Å². The molecule has 226 valence electrons. The monoisotopic (exact) mass is 601 g/mol. The topological polar surface area (TPSA) is 46.4 Å². The van der Waals surface area contributed by atoms with E-state index in [1.54, 1.807) is 0 Å². The van der Waals surface area contributed by atoms with Gasteiger partial charge in [-0.1, -0.05) is 87.5 Å². The van der Waals surface area contributed by atoms with Crippen LogP contribution < -0.4 is 14.5 Å². The molecule has 0 atom stereocenters. The van der Waals surface area contributed by atoms with Crippen molar-refractivity contribution < 1.29 is 4.74 Å². The summed E-state index contributed by atoms with van der Waals surface area (Å²) in [6.45, 7) is 8.13. The van der Waals surface area contributed by atoms with Crippen LogP contribution in [0.1, 0.15) is 32.0 Å². The van der Waals surface area contributed by atoms with Gasteiger partial charge < -0.3 is 14.5 Å². The van der Waals surface area contributed by atoms with Crippen LogP contribution in [-0.4, -0.2) is 21.2 Å². The largest absolute Gasteiger partial charge is 0.457 e. The lowest BCUT2D eigenvalue weighted by Crippen LogP contribution is -2.27. The van der Waals surface area contributed by atoms with Crippen LogP contribution in [0.25, 0.3) is 27.8 Å². The summed E-state index contributed by atoms with van der Waals surface area (Å²) in [4.78, 5) is 14.5. The smallest absolute Gasteiger partial charge is 0.234 e. The molecule has 0 fully saturated rings. The van der Waals surface area contributed by atoms with Crippen LogP contribution in [0, 0.1) is 0 Å². The fourth-order valence-electron chi connectivity index (χ4n) is 6.40. The third-order valence-electron chi connectivity index (χ3n) is 8.66. The van der Waals surface area contributed by atoms with Crippen LogP contribution in [0.5, 0.6) is 11.5 Å². The van der Waals surface area contributed by atoms with Crippen LogP contribution in [0.2, 0.25) is 0 Å². The van der Waals surface area contributed by atoms with Crippen molar-refractivity contribution in [2.45, 2.75) is 32.7 Å². The van der Waals surface area contributed by atoms with Crippen molar-refractivity contribution in [1.82, 2.24) is 14.5 Å². The summed E-state index contributed by atoms with van der Waals surface area (Å²) in [5, 5.41) is 2.29. The number of hydrogen-bond donors (Lipinski definition) is 0. The van der Waals surface area contributed by atoms with E-state index in [2.05, 4.69) is 144 Å². The Kier molecular flexibility index (Phi) is 6.71. The number of fused-ring (bicyclic) bond motifs is 4. The first kappa shape index (κ1) is 27.9. The van der Waals surface area contributed by atoms with Gasteiger partial charge >= 0.3 is 0 Å². The van der Waals surface area contributed by atoms with E-state index in [0.717, 1.165) is 57.9 Å². The Morgan fingerprint density at radius 2 is 1.41 bits per heavy atom. The SMILES string of the molecule is CC(C)(C)c1ccnc(-n2c3ccccc3c3ccc(Oc4cccc(N5CN(Cc6ccccc6)c6ccccc65)c4)cc32)n1. The van der Waals surface area contributed by atoms with Crippen molar-refractivity contribution in [3.05, 3.63) is 145 Å². The van der Waals surface area contributed by atoms with E-state index in [4.69, 9.17) is 14.7 Å². The van der Waals surface area contributed by atoms with Gasteiger partial charge in [-0.15, -0.1) is 0 Å². The van der Waals surface area contributed by atoms with Crippen LogP contribution in [0.3, 0.4) is 0 Å². The second-order valence-corrected chi connectivity index (χ2v) is 12.9. The van der Waals surface area contributed by atoms with Gasteiger partial charge in [-0.05, 0) is 54.1 Å². The summed E-state index contributed by atoms with van der Waals surface area (Å²) in [6.07, 6.45) is 1.85. The van der Waals surface area contributed by atoms with Gasteiger partial charge in [0.1, 0.15) is 11.5 Å². The zero-order valence-corrected chi connectivity index (χ0v) is 26.3. The maximum absolute atomic E-state index is 6.57. The molecule has 0 amide bonds. The van der Waals surface area contributed by atoms with Gasteiger partial charge in [0.2, 0.25) is 5.95 Å². The molecule has 0 saturated heterocycles. The first-order valence-electron chi connectivity index (χ1n) is 15.7. The van der Waals surface area contributed by atoms with E-state index in [9.17, 15) is 0 Å². The number of anilines is 3. The molecule has 1 aliphatic rings. The van der Waals surface area contributed by atoms with E-state index in [0.29, 0.717) is 5.95 Å². The maximum atomic E-state index is 6.57. The van der Waals surface area contributed by atoms with Crippen molar-refractivity contribution in [3.8, 4) is 17.4 Å². The fraction of sp³-hybridized carbons (Fsp3) is 0.150. The summed E-state index contributed by atoms with van der Waals surface area (Å²) in [6, 6.07) is 44.3. The summed E-state index contributed by atoms with van der Waals surface area (Å²) >= 11 is 0. The fourth-order valence-corrected chi connectivity index (χ4v) is 6.40. The Morgan fingerprint density at radius 3 is 2.26 bits per heavy atom. The number of benzene rings is 5. The Hall–Kier alpha value is -5.62. The highest BCUT2D eigenvalue weighted by Crippen LogP contribution is 2.42. The van der Waals surface area contributed by atoms with E-state index in [1.807, 2.05) is 24.4 Å². The van der Waals surface area contributed by atoms with Gasteiger partial charge in [0.15, 0.2) is 0 Å². The van der Waals surface area contributed by atoms with Gasteiger partial charge in [-0.25, -0.2) is 9.97 Å². The molecule has 0 bridgehead atoms. The van der Waals surface area contributed by atoms with Gasteiger partial charge in [-0.3, -0.25) is 4.57 Å². The number of rotatable bonds is 6. The maximum Gasteiger partial charge on any atom is 0.234 e. The zero-order valence-electron chi connectivity index (χ0n) is 26.3. The Balaban J connectivity index is 1.14. The van der Waals surface area contributed by atoms with Crippen molar-refractivity contribution in [1.29, 1.82) is 0 Å². The first-order valence-corrected chi connectivity index (χ1v) is 15.7. The molecule has 0 unspecified atom stereocenters. The summed E-state index contributed by atoms with van der Waals surface area (Å²) in [5.74, 6) is 2.20. The quantitative estimate of drug-likeness (QED) is 0.190. The predicted molar refractivity (Wildman–Crippen MR) is 188 cm³/mol. The molecule has 1 aliphatic heterocycles. The van der Waals surface area contributed by atoms with Crippen molar-refractivity contribution >= 4 is 38.9 Å². The molecule has 46 heavy (non-hydrogen) atoms. The molecule has 6 heteroatoms. The molecule has 3 heterocycles. The van der Waals surface area contributed by atoms with Gasteiger partial charge in [0.05, 0.1) is 34.8 Å². The standard InChI is InChI=1S/C40H35N5O/c1-40(2,3)38-22-23-41-39(42-38)45-34-17-8-7-16-32(34)33-21-20-31(25-37(33)45)46-30-15-11-14-29(24-30)44-27-43(26-28-12-5-4-6-13-28)35-18-9-10-19-36(35)44/h4-25H,26-27H2,1-3H3. The number of ether oxygens (including phenoxy) is 1. The summed E-state index contributed by atoms with van der Waals surface area (Å²) in [7, 11) is 0. The van der Waals surface area contributed by atoms with Crippen LogP contribution in [-0.2, 0) is 12.0 Å². The number of hydrogen-bond acceptors (Lipinski definition) is 5. The number of aromatic nitrogens is 3. The third-order valence-corrected chi connectivity index (χ3v) is 8.66. The number of nitrogens with zero attached hydrogens (tertiary/aromatic N) is 5. The van der Waals surface area contributed by atoms with Crippen molar-refractivity contribution in [3.63, 3.8) is 0 Å². The average molecular weight is 602 g/mol. The van der Waals surface area contributed by atoms with Gasteiger partial charge in [-0.2, -0.15) is 0 Å². The van der Waals surface area contributed by atoms with E-state index in [-0.39, 0.29) is 5.41 Å². The molecule has 2 aromatic heterocycles. The molecule has 7 aromatic rings. The van der Waals surface area contributed by atoms with E-state index >= 15 is 0 Å². The minimum atomic E-state index is -0.0931. The minimum Gasteiger partial charge on any atom is -0.457 e. The van der Waals surface area contributed by atoms with Crippen LogP contribution >= 0.6 is 0 Å². The lowest BCUT2D eigenvalue weighted by Gasteiger charge is -2.22.